The van der Waals surface area contributed by atoms with E-state index in [1.165, 1.54) is 6.20 Å². The summed E-state index contributed by atoms with van der Waals surface area (Å²) in [4.78, 5) is 26.2. The molecule has 1 aromatic heterocycles. The van der Waals surface area contributed by atoms with Gasteiger partial charge in [0.2, 0.25) is 5.91 Å². The minimum absolute atomic E-state index is 0.0702. The second-order valence-electron chi connectivity index (χ2n) is 8.05. The second kappa shape index (κ2) is 9.45. The number of hydrogen-bond donors (Lipinski definition) is 2. The number of nitrogens with two attached hydrogens (primary N) is 1. The fourth-order valence-electron chi connectivity index (χ4n) is 4.09. The van der Waals surface area contributed by atoms with Gasteiger partial charge >= 0.3 is 5.97 Å². The summed E-state index contributed by atoms with van der Waals surface area (Å²) in [5, 5.41) is 21.9. The number of likely N-dealkylation sites (tertiary alicyclic amines) is 1. The van der Waals surface area contributed by atoms with E-state index in [0.717, 1.165) is 18.4 Å². The van der Waals surface area contributed by atoms with E-state index in [-0.39, 0.29) is 18.7 Å². The van der Waals surface area contributed by atoms with Crippen LogP contribution in [0.1, 0.15) is 30.5 Å². The van der Waals surface area contributed by atoms with Gasteiger partial charge in [-0.3, -0.25) is 9.59 Å². The van der Waals surface area contributed by atoms with Gasteiger partial charge in [-0.15, -0.1) is 0 Å². The summed E-state index contributed by atoms with van der Waals surface area (Å²) in [6, 6.07) is 12.4. The maximum atomic E-state index is 13.2. The zero-order valence-corrected chi connectivity index (χ0v) is 17.4. The summed E-state index contributed by atoms with van der Waals surface area (Å²) in [5.74, 6) is -2.16. The van der Waals surface area contributed by atoms with E-state index in [4.69, 9.17) is 17.3 Å². The van der Waals surface area contributed by atoms with Crippen molar-refractivity contribution in [2.24, 2.45) is 11.7 Å². The normalized spacial score (nSPS) is 20.0. The number of rotatable bonds is 7. The van der Waals surface area contributed by atoms with Crippen LogP contribution in [0.25, 0.3) is 0 Å². The first-order chi connectivity index (χ1) is 14.3. The van der Waals surface area contributed by atoms with Crippen molar-refractivity contribution in [2.45, 2.75) is 37.6 Å². The number of carbonyl (C=O) groups excluding carboxylic acids is 1. The van der Waals surface area contributed by atoms with Crippen LogP contribution >= 0.6 is 11.6 Å². The van der Waals surface area contributed by atoms with Crippen LogP contribution in [0.4, 0.5) is 0 Å². The predicted molar refractivity (Wildman–Crippen MR) is 113 cm³/mol. The molecule has 1 fully saturated rings. The minimum Gasteiger partial charge on any atom is -0.619 e. The fraction of sp³-hybridized carbons (Fsp3) is 0.409. The molecule has 3 rings (SSSR count). The van der Waals surface area contributed by atoms with Gasteiger partial charge in [-0.25, -0.2) is 0 Å². The molecule has 0 radical (unpaired) electrons. The molecular formula is C22H26ClN3O4. The van der Waals surface area contributed by atoms with Gasteiger partial charge in [0, 0.05) is 42.2 Å². The van der Waals surface area contributed by atoms with Crippen molar-refractivity contribution in [2.75, 3.05) is 13.1 Å². The molecule has 1 aromatic carbocycles. The largest absolute Gasteiger partial charge is 0.619 e. The SMILES string of the molecule is N[C@@]1(Cc2ccc(Cl)cc2)CCCN(C(=O)[C@@H](CC(=O)O)Cc2cccc[n+]2[O-])C1. The Bertz CT molecular complexity index is 906. The summed E-state index contributed by atoms with van der Waals surface area (Å²) in [5.41, 5.74) is 7.45. The Hall–Kier alpha value is -2.64. The van der Waals surface area contributed by atoms with Gasteiger partial charge in [-0.1, -0.05) is 29.8 Å². The lowest BCUT2D eigenvalue weighted by molar-refractivity contribution is -0.614. The van der Waals surface area contributed by atoms with Crippen LogP contribution in [0.2, 0.25) is 5.02 Å². The molecule has 0 saturated carbocycles. The van der Waals surface area contributed by atoms with Crippen LogP contribution in [0.3, 0.4) is 0 Å². The van der Waals surface area contributed by atoms with Crippen molar-refractivity contribution in [3.8, 4) is 0 Å². The number of hydrogen-bond acceptors (Lipinski definition) is 4. The van der Waals surface area contributed by atoms with Crippen LogP contribution < -0.4 is 10.5 Å². The fourth-order valence-corrected chi connectivity index (χ4v) is 4.22. The van der Waals surface area contributed by atoms with Crippen LogP contribution in [0.5, 0.6) is 0 Å². The van der Waals surface area contributed by atoms with E-state index in [2.05, 4.69) is 0 Å². The average Bonchev–Trinajstić information content (AvgIpc) is 2.70. The van der Waals surface area contributed by atoms with Crippen LogP contribution in [0, 0.1) is 11.1 Å². The quantitative estimate of drug-likeness (QED) is 0.515. The number of pyridine rings is 1. The van der Waals surface area contributed by atoms with Crippen molar-refractivity contribution >= 4 is 23.5 Å². The van der Waals surface area contributed by atoms with Crippen molar-refractivity contribution in [3.05, 3.63) is 70.1 Å². The summed E-state index contributed by atoms with van der Waals surface area (Å²) in [6.07, 6.45) is 3.18. The summed E-state index contributed by atoms with van der Waals surface area (Å²) in [7, 11) is 0. The van der Waals surface area contributed by atoms with E-state index in [1.54, 1.807) is 23.1 Å². The molecule has 160 valence electrons. The summed E-state index contributed by atoms with van der Waals surface area (Å²) < 4.78 is 0.673. The predicted octanol–water partition coefficient (Wildman–Crippen LogP) is 2.17. The third-order valence-corrected chi connectivity index (χ3v) is 5.77. The van der Waals surface area contributed by atoms with Crippen molar-refractivity contribution in [1.29, 1.82) is 0 Å². The molecule has 2 aromatic rings. The molecule has 7 nitrogen and oxygen atoms in total. The molecule has 0 unspecified atom stereocenters. The molecule has 1 aliphatic rings. The number of amides is 1. The molecule has 2 heterocycles. The molecule has 3 N–H and O–H groups in total. The van der Waals surface area contributed by atoms with Gasteiger partial charge in [-0.05, 0) is 37.0 Å². The zero-order chi connectivity index (χ0) is 21.7. The maximum Gasteiger partial charge on any atom is 0.304 e. The van der Waals surface area contributed by atoms with E-state index in [1.807, 2.05) is 24.3 Å². The van der Waals surface area contributed by atoms with Gasteiger partial charge in [-0.2, -0.15) is 4.73 Å². The molecular weight excluding hydrogens is 406 g/mol. The van der Waals surface area contributed by atoms with Gasteiger partial charge in [0.1, 0.15) is 0 Å². The highest BCUT2D eigenvalue weighted by molar-refractivity contribution is 6.30. The first kappa shape index (κ1) is 22.1. The van der Waals surface area contributed by atoms with E-state index < -0.39 is 17.4 Å². The minimum atomic E-state index is -1.07. The van der Waals surface area contributed by atoms with E-state index >= 15 is 0 Å². The van der Waals surface area contributed by atoms with Crippen molar-refractivity contribution in [1.82, 2.24) is 4.90 Å². The Labute approximate surface area is 180 Å². The molecule has 0 aliphatic carbocycles. The van der Waals surface area contributed by atoms with Crippen molar-refractivity contribution < 1.29 is 19.4 Å². The zero-order valence-electron chi connectivity index (χ0n) is 16.7. The first-order valence-electron chi connectivity index (χ1n) is 9.97. The summed E-state index contributed by atoms with van der Waals surface area (Å²) >= 11 is 5.95. The van der Waals surface area contributed by atoms with Crippen LogP contribution in [-0.4, -0.2) is 40.5 Å². The van der Waals surface area contributed by atoms with Crippen molar-refractivity contribution in [3.63, 3.8) is 0 Å². The lowest BCUT2D eigenvalue weighted by atomic mass is 9.83. The number of carbonyl (C=O) groups is 2. The topological polar surface area (TPSA) is 111 Å². The van der Waals surface area contributed by atoms with Gasteiger partial charge < -0.3 is 20.9 Å². The average molecular weight is 432 g/mol. The molecule has 30 heavy (non-hydrogen) atoms. The highest BCUT2D eigenvalue weighted by atomic mass is 35.5. The Morgan fingerprint density at radius 1 is 1.27 bits per heavy atom. The molecule has 0 spiro atoms. The van der Waals surface area contributed by atoms with Gasteiger partial charge in [0.15, 0.2) is 11.9 Å². The number of aromatic nitrogens is 1. The number of benzene rings is 1. The Morgan fingerprint density at radius 2 is 2.00 bits per heavy atom. The molecule has 0 bridgehead atoms. The lowest BCUT2D eigenvalue weighted by Gasteiger charge is -2.41. The van der Waals surface area contributed by atoms with Crippen LogP contribution in [0.15, 0.2) is 48.7 Å². The molecule has 1 amide bonds. The number of aliphatic carboxylic acids is 1. The second-order valence-corrected chi connectivity index (χ2v) is 8.48. The number of nitrogens with zero attached hydrogens (tertiary/aromatic N) is 2. The third-order valence-electron chi connectivity index (χ3n) is 5.52. The Balaban J connectivity index is 1.74. The standard InChI is InChI=1S/C22H26ClN3O4/c23-18-7-5-16(6-8-18)14-22(24)9-3-10-25(15-22)21(29)17(13-20(27)28)12-19-4-1-2-11-26(19)30/h1-2,4-8,11,17H,3,9-10,12-15,24H2,(H,27,28)/t17-,22-/m1/s1. The smallest absolute Gasteiger partial charge is 0.304 e. The highest BCUT2D eigenvalue weighted by Gasteiger charge is 2.37. The molecule has 8 heteroatoms. The first-order valence-corrected chi connectivity index (χ1v) is 10.3. The van der Waals surface area contributed by atoms with Crippen LogP contribution in [-0.2, 0) is 22.4 Å². The van der Waals surface area contributed by atoms with Gasteiger partial charge in [0.25, 0.3) is 0 Å². The number of carboxylic acid groups (broad SMARTS) is 1. The monoisotopic (exact) mass is 431 g/mol. The van der Waals surface area contributed by atoms with E-state index in [0.29, 0.717) is 35.0 Å². The molecule has 1 saturated heterocycles. The highest BCUT2D eigenvalue weighted by Crippen LogP contribution is 2.26. The Morgan fingerprint density at radius 3 is 2.67 bits per heavy atom. The number of piperidine rings is 1. The van der Waals surface area contributed by atoms with E-state index in [9.17, 15) is 19.9 Å². The summed E-state index contributed by atoms with van der Waals surface area (Å²) in [6.45, 7) is 0.872. The Kier molecular flexibility index (Phi) is 6.95. The third kappa shape index (κ3) is 5.70. The molecule has 1 aliphatic heterocycles. The van der Waals surface area contributed by atoms with Gasteiger partial charge in [0.05, 0.1) is 12.3 Å². The number of halogens is 1. The molecule has 2 atom stereocenters. The number of carboxylic acids is 1. The maximum absolute atomic E-state index is 13.2. The lowest BCUT2D eigenvalue weighted by Crippen LogP contribution is -2.58.